The van der Waals surface area contributed by atoms with Crippen molar-refractivity contribution in [1.29, 1.82) is 0 Å². The SMILES string of the molecule is CC(C)C[C@H](NC(=O)[C@@H]1CCCN1C(=O)[C@@H](N)CC(C)C)C(=O)O. The highest BCUT2D eigenvalue weighted by molar-refractivity contribution is 5.92. The van der Waals surface area contributed by atoms with Crippen molar-refractivity contribution in [3.05, 3.63) is 0 Å². The van der Waals surface area contributed by atoms with Gasteiger partial charge in [0.2, 0.25) is 11.8 Å². The molecule has 1 heterocycles. The summed E-state index contributed by atoms with van der Waals surface area (Å²) in [5, 5.41) is 11.8. The first kappa shape index (κ1) is 20.4. The number of nitrogens with two attached hydrogens (primary N) is 1. The lowest BCUT2D eigenvalue weighted by Gasteiger charge is -2.28. The van der Waals surface area contributed by atoms with Crippen LogP contribution in [0.4, 0.5) is 0 Å². The first-order valence-electron chi connectivity index (χ1n) is 8.72. The van der Waals surface area contributed by atoms with Crippen molar-refractivity contribution in [3.63, 3.8) is 0 Å². The zero-order valence-electron chi connectivity index (χ0n) is 15.1. The van der Waals surface area contributed by atoms with E-state index in [1.165, 1.54) is 4.90 Å². The molecule has 7 nitrogen and oxygen atoms in total. The summed E-state index contributed by atoms with van der Waals surface area (Å²) in [6.07, 6.45) is 2.18. The molecule has 4 N–H and O–H groups in total. The van der Waals surface area contributed by atoms with E-state index >= 15 is 0 Å². The minimum Gasteiger partial charge on any atom is -0.480 e. The minimum atomic E-state index is -1.05. The molecular formula is C17H31N3O4. The van der Waals surface area contributed by atoms with Crippen molar-refractivity contribution in [1.82, 2.24) is 10.2 Å². The van der Waals surface area contributed by atoms with E-state index in [2.05, 4.69) is 5.32 Å². The van der Waals surface area contributed by atoms with Crippen molar-refractivity contribution in [3.8, 4) is 0 Å². The molecular weight excluding hydrogens is 310 g/mol. The molecule has 1 aliphatic rings. The van der Waals surface area contributed by atoms with Crippen molar-refractivity contribution in [2.75, 3.05) is 6.54 Å². The van der Waals surface area contributed by atoms with E-state index < -0.39 is 30.0 Å². The van der Waals surface area contributed by atoms with Crippen LogP contribution in [0, 0.1) is 11.8 Å². The lowest BCUT2D eigenvalue weighted by molar-refractivity contribution is -0.144. The molecule has 0 unspecified atom stereocenters. The van der Waals surface area contributed by atoms with Gasteiger partial charge >= 0.3 is 5.97 Å². The topological polar surface area (TPSA) is 113 Å². The third kappa shape index (κ3) is 5.78. The maximum absolute atomic E-state index is 12.5. The van der Waals surface area contributed by atoms with Crippen LogP contribution in [-0.4, -0.2) is 52.5 Å². The smallest absolute Gasteiger partial charge is 0.326 e. The van der Waals surface area contributed by atoms with Crippen LogP contribution in [0.3, 0.4) is 0 Å². The van der Waals surface area contributed by atoms with Crippen LogP contribution in [0.15, 0.2) is 0 Å². The summed E-state index contributed by atoms with van der Waals surface area (Å²) in [6, 6.07) is -2.17. The molecule has 138 valence electrons. The molecule has 1 saturated heterocycles. The number of hydrogen-bond acceptors (Lipinski definition) is 4. The summed E-state index contributed by atoms with van der Waals surface area (Å²) in [5.41, 5.74) is 5.96. The first-order valence-corrected chi connectivity index (χ1v) is 8.72. The Bertz CT molecular complexity index is 465. The van der Waals surface area contributed by atoms with E-state index in [0.29, 0.717) is 31.7 Å². The van der Waals surface area contributed by atoms with Gasteiger partial charge in [-0.2, -0.15) is 0 Å². The Morgan fingerprint density at radius 3 is 2.25 bits per heavy atom. The van der Waals surface area contributed by atoms with Gasteiger partial charge in [0.05, 0.1) is 6.04 Å². The van der Waals surface area contributed by atoms with Crippen molar-refractivity contribution >= 4 is 17.8 Å². The fourth-order valence-electron chi connectivity index (χ4n) is 3.09. The number of carbonyl (C=O) groups is 3. The molecule has 0 aromatic heterocycles. The van der Waals surface area contributed by atoms with E-state index in [-0.39, 0.29) is 11.8 Å². The van der Waals surface area contributed by atoms with Crippen molar-refractivity contribution in [2.24, 2.45) is 17.6 Å². The molecule has 1 fully saturated rings. The third-order valence-corrected chi connectivity index (χ3v) is 4.20. The molecule has 0 aromatic rings. The highest BCUT2D eigenvalue weighted by atomic mass is 16.4. The molecule has 0 aromatic carbocycles. The van der Waals surface area contributed by atoms with E-state index in [1.807, 2.05) is 27.7 Å². The van der Waals surface area contributed by atoms with Gasteiger partial charge in [-0.1, -0.05) is 27.7 Å². The zero-order chi connectivity index (χ0) is 18.4. The molecule has 1 aliphatic heterocycles. The predicted molar refractivity (Wildman–Crippen MR) is 91.2 cm³/mol. The summed E-state index contributed by atoms with van der Waals surface area (Å²) in [5.74, 6) is -1.24. The van der Waals surface area contributed by atoms with Gasteiger partial charge < -0.3 is 21.1 Å². The minimum absolute atomic E-state index is 0.146. The van der Waals surface area contributed by atoms with Crippen LogP contribution in [0.5, 0.6) is 0 Å². The van der Waals surface area contributed by atoms with Crippen molar-refractivity contribution < 1.29 is 19.5 Å². The number of hydrogen-bond donors (Lipinski definition) is 3. The van der Waals surface area contributed by atoms with Gasteiger partial charge in [0, 0.05) is 6.54 Å². The molecule has 0 spiro atoms. The number of carboxylic acid groups (broad SMARTS) is 1. The predicted octanol–water partition coefficient (Wildman–Crippen LogP) is 0.966. The fourth-order valence-corrected chi connectivity index (χ4v) is 3.09. The highest BCUT2D eigenvalue weighted by Crippen LogP contribution is 2.20. The number of carbonyl (C=O) groups excluding carboxylic acids is 2. The Morgan fingerprint density at radius 1 is 1.17 bits per heavy atom. The average Bonchev–Trinajstić information content (AvgIpc) is 2.93. The normalized spacial score (nSPS) is 20.3. The van der Waals surface area contributed by atoms with Gasteiger partial charge in [-0.25, -0.2) is 4.79 Å². The molecule has 1 rings (SSSR count). The van der Waals surface area contributed by atoms with Crippen LogP contribution in [0.1, 0.15) is 53.4 Å². The number of rotatable bonds is 8. The Labute approximate surface area is 144 Å². The molecule has 7 heteroatoms. The van der Waals surface area contributed by atoms with Crippen LogP contribution < -0.4 is 11.1 Å². The van der Waals surface area contributed by atoms with Crippen LogP contribution in [0.25, 0.3) is 0 Å². The maximum Gasteiger partial charge on any atom is 0.326 e. The van der Waals surface area contributed by atoms with E-state index in [4.69, 9.17) is 5.73 Å². The van der Waals surface area contributed by atoms with Gasteiger partial charge in [-0.3, -0.25) is 9.59 Å². The lowest BCUT2D eigenvalue weighted by Crippen LogP contribution is -2.54. The highest BCUT2D eigenvalue weighted by Gasteiger charge is 2.37. The number of aliphatic carboxylic acids is 1. The summed E-state index contributed by atoms with van der Waals surface area (Å²) < 4.78 is 0. The third-order valence-electron chi connectivity index (χ3n) is 4.20. The summed E-state index contributed by atoms with van der Waals surface area (Å²) in [7, 11) is 0. The van der Waals surface area contributed by atoms with E-state index in [9.17, 15) is 19.5 Å². The Kier molecular flexibility index (Phi) is 7.66. The second-order valence-corrected chi connectivity index (χ2v) is 7.45. The maximum atomic E-state index is 12.5. The van der Waals surface area contributed by atoms with Crippen molar-refractivity contribution in [2.45, 2.75) is 71.5 Å². The van der Waals surface area contributed by atoms with Gasteiger partial charge in [-0.05, 0) is 37.5 Å². The number of likely N-dealkylation sites (tertiary alicyclic amines) is 1. The number of carboxylic acids is 1. The number of nitrogens with one attached hydrogen (secondary N) is 1. The fraction of sp³-hybridized carbons (Fsp3) is 0.824. The standard InChI is InChI=1S/C17H31N3O4/c1-10(2)8-12(18)16(22)20-7-5-6-14(20)15(21)19-13(17(23)24)9-11(3)4/h10-14H,5-9,18H2,1-4H3,(H,19,21)(H,23,24)/t12-,13-,14-/m0/s1. The van der Waals surface area contributed by atoms with Crippen LogP contribution in [-0.2, 0) is 14.4 Å². The summed E-state index contributed by atoms with van der Waals surface area (Å²) >= 11 is 0. The number of amides is 2. The van der Waals surface area contributed by atoms with Gasteiger partial charge in [0.1, 0.15) is 12.1 Å². The molecule has 24 heavy (non-hydrogen) atoms. The van der Waals surface area contributed by atoms with E-state index in [1.54, 1.807) is 0 Å². The molecule has 3 atom stereocenters. The Hall–Kier alpha value is -1.63. The monoisotopic (exact) mass is 341 g/mol. The second kappa shape index (κ2) is 9.01. The summed E-state index contributed by atoms with van der Waals surface area (Å²) in [6.45, 7) is 8.27. The molecule has 0 saturated carbocycles. The molecule has 0 radical (unpaired) electrons. The molecule has 2 amide bonds. The van der Waals surface area contributed by atoms with E-state index in [0.717, 1.165) is 6.42 Å². The van der Waals surface area contributed by atoms with Gasteiger partial charge in [-0.15, -0.1) is 0 Å². The zero-order valence-corrected chi connectivity index (χ0v) is 15.1. The summed E-state index contributed by atoms with van der Waals surface area (Å²) in [4.78, 5) is 37.8. The Balaban J connectivity index is 2.74. The lowest BCUT2D eigenvalue weighted by atomic mass is 10.0. The quantitative estimate of drug-likeness (QED) is 0.609. The van der Waals surface area contributed by atoms with Crippen LogP contribution in [0.2, 0.25) is 0 Å². The van der Waals surface area contributed by atoms with Gasteiger partial charge in [0.25, 0.3) is 0 Å². The number of nitrogens with zero attached hydrogens (tertiary/aromatic N) is 1. The average molecular weight is 341 g/mol. The second-order valence-electron chi connectivity index (χ2n) is 7.45. The first-order chi connectivity index (χ1) is 11.1. The molecule has 0 bridgehead atoms. The largest absolute Gasteiger partial charge is 0.480 e. The molecule has 0 aliphatic carbocycles. The van der Waals surface area contributed by atoms with Gasteiger partial charge in [0.15, 0.2) is 0 Å². The van der Waals surface area contributed by atoms with Crippen LogP contribution >= 0.6 is 0 Å². The Morgan fingerprint density at radius 2 is 1.75 bits per heavy atom.